The number of aromatic nitrogens is 4. The summed E-state index contributed by atoms with van der Waals surface area (Å²) in [6, 6.07) is 7.71. The lowest BCUT2D eigenvalue weighted by Crippen LogP contribution is -2.04. The van der Waals surface area contributed by atoms with E-state index >= 15 is 0 Å². The van der Waals surface area contributed by atoms with E-state index in [1.165, 1.54) is 30.0 Å². The van der Waals surface area contributed by atoms with Crippen LogP contribution in [0, 0.1) is 5.82 Å². The smallest absolute Gasteiger partial charge is 0.378 e. The molecule has 0 saturated heterocycles. The van der Waals surface area contributed by atoms with Crippen molar-refractivity contribution in [3.8, 4) is 11.3 Å². The van der Waals surface area contributed by atoms with Crippen molar-refractivity contribution in [2.45, 2.75) is 0 Å². The predicted octanol–water partition coefficient (Wildman–Crippen LogP) is 1.72. The van der Waals surface area contributed by atoms with Gasteiger partial charge in [-0.2, -0.15) is 9.50 Å². The largest absolute Gasteiger partial charge is 0.463 e. The molecule has 0 aliphatic heterocycles. The summed E-state index contributed by atoms with van der Waals surface area (Å²) in [6.07, 6.45) is 1.52. The summed E-state index contributed by atoms with van der Waals surface area (Å²) < 4.78 is 19.2. The first-order valence-corrected chi connectivity index (χ1v) is 5.75. The Kier molecular flexibility index (Phi) is 2.86. The molecule has 0 atom stereocenters. The summed E-state index contributed by atoms with van der Waals surface area (Å²) in [5, 5.41) is 4.04. The van der Waals surface area contributed by atoms with E-state index in [1.54, 1.807) is 18.2 Å². The topological polar surface area (TPSA) is 69.4 Å². The normalized spacial score (nSPS) is 10.7. The molecule has 100 valence electrons. The molecular formula is C13H9FN4O2. The zero-order valence-corrected chi connectivity index (χ0v) is 10.4. The first-order chi connectivity index (χ1) is 9.69. The second kappa shape index (κ2) is 4.69. The lowest BCUT2D eigenvalue weighted by Gasteiger charge is -2.03. The van der Waals surface area contributed by atoms with E-state index < -0.39 is 5.97 Å². The Morgan fingerprint density at radius 3 is 2.95 bits per heavy atom. The Labute approximate surface area is 112 Å². The Morgan fingerprint density at radius 1 is 1.35 bits per heavy atom. The fraction of sp³-hybridized carbons (Fsp3) is 0.0769. The minimum Gasteiger partial charge on any atom is -0.463 e. The Balaban J connectivity index is 2.21. The third-order valence-electron chi connectivity index (χ3n) is 2.73. The van der Waals surface area contributed by atoms with Gasteiger partial charge in [0.1, 0.15) is 5.82 Å². The molecule has 6 nitrogen and oxygen atoms in total. The molecule has 3 aromatic rings. The molecule has 0 N–H and O–H groups in total. The van der Waals surface area contributed by atoms with Crippen molar-refractivity contribution >= 4 is 11.7 Å². The first kappa shape index (κ1) is 12.2. The first-order valence-electron chi connectivity index (χ1n) is 5.75. The molecule has 0 aliphatic carbocycles. The van der Waals surface area contributed by atoms with Gasteiger partial charge < -0.3 is 4.74 Å². The van der Waals surface area contributed by atoms with Crippen LogP contribution in [0.1, 0.15) is 10.6 Å². The van der Waals surface area contributed by atoms with Crippen molar-refractivity contribution in [2.24, 2.45) is 0 Å². The fourth-order valence-electron chi connectivity index (χ4n) is 1.84. The highest BCUT2D eigenvalue weighted by Crippen LogP contribution is 2.19. The monoisotopic (exact) mass is 272 g/mol. The van der Waals surface area contributed by atoms with Crippen LogP contribution in [0.25, 0.3) is 17.0 Å². The minimum atomic E-state index is -0.652. The number of halogens is 1. The number of benzene rings is 1. The molecular weight excluding hydrogens is 263 g/mol. The van der Waals surface area contributed by atoms with E-state index in [4.69, 9.17) is 0 Å². The van der Waals surface area contributed by atoms with E-state index in [-0.39, 0.29) is 17.4 Å². The summed E-state index contributed by atoms with van der Waals surface area (Å²) >= 11 is 0. The van der Waals surface area contributed by atoms with E-state index in [1.807, 2.05) is 0 Å². The summed E-state index contributed by atoms with van der Waals surface area (Å²) in [6.45, 7) is 0. The van der Waals surface area contributed by atoms with Gasteiger partial charge in [0, 0.05) is 11.8 Å². The fourth-order valence-corrected chi connectivity index (χ4v) is 1.84. The molecule has 0 bridgehead atoms. The Morgan fingerprint density at radius 2 is 2.20 bits per heavy atom. The Hall–Kier alpha value is -2.83. The van der Waals surface area contributed by atoms with Crippen molar-refractivity contribution in [2.75, 3.05) is 7.11 Å². The predicted molar refractivity (Wildman–Crippen MR) is 67.5 cm³/mol. The number of methoxy groups -OCH3 is 1. The molecule has 7 heteroatoms. The molecule has 2 aromatic heterocycles. The summed E-state index contributed by atoms with van der Waals surface area (Å²) in [5.74, 6) is -0.863. The van der Waals surface area contributed by atoms with Gasteiger partial charge in [0.25, 0.3) is 11.6 Å². The zero-order valence-electron chi connectivity index (χ0n) is 10.4. The van der Waals surface area contributed by atoms with Crippen molar-refractivity contribution in [3.05, 3.63) is 48.2 Å². The van der Waals surface area contributed by atoms with Gasteiger partial charge in [-0.05, 0) is 18.2 Å². The molecule has 2 heterocycles. The number of hydrogen-bond donors (Lipinski definition) is 0. The third kappa shape index (κ3) is 1.99. The van der Waals surface area contributed by atoms with Gasteiger partial charge in [0.2, 0.25) is 0 Å². The van der Waals surface area contributed by atoms with E-state index in [0.717, 1.165) is 0 Å². The molecule has 0 spiro atoms. The van der Waals surface area contributed by atoms with Crippen LogP contribution in [0.15, 0.2) is 36.5 Å². The molecule has 0 amide bonds. The van der Waals surface area contributed by atoms with Crippen LogP contribution in [-0.2, 0) is 4.74 Å². The van der Waals surface area contributed by atoms with Gasteiger partial charge in [-0.1, -0.05) is 12.1 Å². The van der Waals surface area contributed by atoms with Crippen molar-refractivity contribution in [1.82, 2.24) is 19.6 Å². The molecule has 3 rings (SSSR count). The quantitative estimate of drug-likeness (QED) is 0.664. The van der Waals surface area contributed by atoms with Gasteiger partial charge in [-0.3, -0.25) is 0 Å². The molecule has 0 unspecified atom stereocenters. The molecule has 0 aliphatic rings. The molecule has 0 saturated carbocycles. The molecule has 1 aromatic carbocycles. The highest BCUT2D eigenvalue weighted by Gasteiger charge is 2.16. The average molecular weight is 272 g/mol. The van der Waals surface area contributed by atoms with E-state index in [9.17, 15) is 9.18 Å². The van der Waals surface area contributed by atoms with Gasteiger partial charge >= 0.3 is 5.97 Å². The van der Waals surface area contributed by atoms with Gasteiger partial charge in [0.15, 0.2) is 0 Å². The number of ether oxygens (including phenoxy) is 1. The summed E-state index contributed by atoms with van der Waals surface area (Å²) in [5.41, 5.74) is 1.19. The Bertz CT molecular complexity index is 800. The maximum Gasteiger partial charge on any atom is 0.378 e. The summed E-state index contributed by atoms with van der Waals surface area (Å²) in [7, 11) is 1.24. The number of rotatable bonds is 2. The minimum absolute atomic E-state index is 0.0937. The van der Waals surface area contributed by atoms with E-state index in [0.29, 0.717) is 11.3 Å². The lowest BCUT2D eigenvalue weighted by atomic mass is 10.1. The van der Waals surface area contributed by atoms with Crippen molar-refractivity contribution in [1.29, 1.82) is 0 Å². The highest BCUT2D eigenvalue weighted by atomic mass is 19.1. The van der Waals surface area contributed by atoms with Crippen LogP contribution in [0.3, 0.4) is 0 Å². The van der Waals surface area contributed by atoms with E-state index in [2.05, 4.69) is 19.8 Å². The van der Waals surface area contributed by atoms with Gasteiger partial charge in [-0.15, -0.1) is 5.10 Å². The highest BCUT2D eigenvalue weighted by molar-refractivity contribution is 5.85. The molecule has 0 fully saturated rings. The lowest BCUT2D eigenvalue weighted by molar-refractivity contribution is 0.0587. The number of carbonyl (C=O) groups is 1. The number of nitrogens with zero attached hydrogens (tertiary/aromatic N) is 4. The van der Waals surface area contributed by atoms with Crippen LogP contribution in [0.5, 0.6) is 0 Å². The molecule has 20 heavy (non-hydrogen) atoms. The second-order valence-corrected chi connectivity index (χ2v) is 3.98. The zero-order chi connectivity index (χ0) is 14.1. The van der Waals surface area contributed by atoms with Crippen LogP contribution in [-0.4, -0.2) is 32.7 Å². The van der Waals surface area contributed by atoms with Crippen LogP contribution in [0.4, 0.5) is 4.39 Å². The SMILES string of the molecule is COC(=O)c1nc2nccc(-c3cccc(F)c3)n2n1. The van der Waals surface area contributed by atoms with Crippen LogP contribution >= 0.6 is 0 Å². The number of carbonyl (C=O) groups excluding carboxylic acids is 1. The van der Waals surface area contributed by atoms with Crippen molar-refractivity contribution in [3.63, 3.8) is 0 Å². The standard InChI is InChI=1S/C13H9FN4O2/c1-20-12(19)11-16-13-15-6-5-10(18(13)17-11)8-3-2-4-9(14)7-8/h2-7H,1H3. The number of fused-ring (bicyclic) bond motifs is 1. The van der Waals surface area contributed by atoms with Crippen LogP contribution in [0.2, 0.25) is 0 Å². The van der Waals surface area contributed by atoms with Crippen molar-refractivity contribution < 1.29 is 13.9 Å². The van der Waals surface area contributed by atoms with Gasteiger partial charge in [-0.25, -0.2) is 14.2 Å². The maximum atomic E-state index is 13.3. The van der Waals surface area contributed by atoms with Gasteiger partial charge in [0.05, 0.1) is 12.8 Å². The van der Waals surface area contributed by atoms with Crippen LogP contribution < -0.4 is 0 Å². The average Bonchev–Trinajstić information content (AvgIpc) is 2.90. The summed E-state index contributed by atoms with van der Waals surface area (Å²) in [4.78, 5) is 19.4. The second-order valence-electron chi connectivity index (χ2n) is 3.98. The maximum absolute atomic E-state index is 13.3. The number of esters is 1. The third-order valence-corrected chi connectivity index (χ3v) is 2.73. The molecule has 0 radical (unpaired) electrons. The number of hydrogen-bond acceptors (Lipinski definition) is 5.